The highest BCUT2D eigenvalue weighted by molar-refractivity contribution is 5.93. The SMILES string of the molecule is O=C[C@H](OC(=O)c1cc(O)c(O)c(O)c1)[C@@H](O)[C@H](OC(=O)c1cc(O)c(O)c(O)c1)[C@H](O)COC(=O)c1cc(O)c(O)c(O)c1. The summed E-state index contributed by atoms with van der Waals surface area (Å²) < 4.78 is 14.7. The van der Waals surface area contributed by atoms with Crippen LogP contribution in [0, 0.1) is 0 Å². The van der Waals surface area contributed by atoms with Crippen LogP contribution in [0.5, 0.6) is 51.7 Å². The van der Waals surface area contributed by atoms with Crippen LogP contribution in [0.3, 0.4) is 0 Å². The second-order valence-corrected chi connectivity index (χ2v) is 9.12. The minimum Gasteiger partial charge on any atom is -0.504 e. The van der Waals surface area contributed by atoms with Crippen molar-refractivity contribution >= 4 is 24.2 Å². The van der Waals surface area contributed by atoms with E-state index in [-0.39, 0.29) is 6.29 Å². The molecule has 0 aliphatic heterocycles. The van der Waals surface area contributed by atoms with Crippen molar-refractivity contribution in [3.05, 3.63) is 53.1 Å². The Morgan fingerprint density at radius 3 is 1.27 bits per heavy atom. The van der Waals surface area contributed by atoms with Crippen LogP contribution >= 0.6 is 0 Å². The average Bonchev–Trinajstić information content (AvgIpc) is 2.99. The van der Waals surface area contributed by atoms with Gasteiger partial charge in [-0.05, 0) is 36.4 Å². The van der Waals surface area contributed by atoms with E-state index in [1.54, 1.807) is 0 Å². The molecule has 0 fully saturated rings. The number of phenols is 9. The van der Waals surface area contributed by atoms with Crippen molar-refractivity contribution in [1.82, 2.24) is 0 Å². The molecule has 0 aliphatic carbocycles. The number of carbonyl (C=O) groups is 4. The van der Waals surface area contributed by atoms with Gasteiger partial charge in [0, 0.05) is 0 Å². The van der Waals surface area contributed by atoms with Crippen LogP contribution in [0.1, 0.15) is 31.1 Å². The lowest BCUT2D eigenvalue weighted by Gasteiger charge is -2.30. The maximum absolute atomic E-state index is 12.8. The summed E-state index contributed by atoms with van der Waals surface area (Å²) in [7, 11) is 0. The maximum atomic E-state index is 12.8. The molecule has 0 amide bonds. The first-order valence-electron chi connectivity index (χ1n) is 12.2. The van der Waals surface area contributed by atoms with E-state index in [0.717, 1.165) is 0 Å². The first-order valence-corrected chi connectivity index (χ1v) is 12.2. The number of ether oxygens (including phenoxy) is 3. The summed E-state index contributed by atoms with van der Waals surface area (Å²) in [6, 6.07) is 3.83. The largest absolute Gasteiger partial charge is 0.504 e. The van der Waals surface area contributed by atoms with Crippen molar-refractivity contribution in [2.24, 2.45) is 0 Å². The highest BCUT2D eigenvalue weighted by atomic mass is 16.6. The second kappa shape index (κ2) is 13.4. The first-order chi connectivity index (χ1) is 21.0. The number of rotatable bonds is 11. The number of hydrogen-bond acceptors (Lipinski definition) is 18. The van der Waals surface area contributed by atoms with Gasteiger partial charge in [-0.3, -0.25) is 4.79 Å². The minimum atomic E-state index is -2.47. The zero-order chi connectivity index (χ0) is 33.7. The predicted molar refractivity (Wildman–Crippen MR) is 141 cm³/mol. The summed E-state index contributed by atoms with van der Waals surface area (Å²) in [5, 5.41) is 108. The molecule has 0 aliphatic rings. The van der Waals surface area contributed by atoms with Crippen molar-refractivity contribution in [2.45, 2.75) is 24.4 Å². The molecule has 0 unspecified atom stereocenters. The number of carbonyl (C=O) groups excluding carboxylic acids is 4. The van der Waals surface area contributed by atoms with Gasteiger partial charge < -0.3 is 70.4 Å². The van der Waals surface area contributed by atoms with E-state index in [1.807, 2.05) is 0 Å². The lowest BCUT2D eigenvalue weighted by atomic mass is 10.0. The van der Waals surface area contributed by atoms with E-state index in [4.69, 9.17) is 14.2 Å². The molecule has 45 heavy (non-hydrogen) atoms. The molecule has 0 spiro atoms. The quantitative estimate of drug-likeness (QED) is 0.0550. The smallest absolute Gasteiger partial charge is 0.339 e. The number of hydrogen-bond donors (Lipinski definition) is 11. The third kappa shape index (κ3) is 7.45. The summed E-state index contributed by atoms with van der Waals surface area (Å²) >= 11 is 0. The van der Waals surface area contributed by atoms with Crippen LogP contribution in [0.15, 0.2) is 36.4 Å². The van der Waals surface area contributed by atoms with E-state index < -0.39 is 117 Å². The molecule has 0 heterocycles. The fraction of sp³-hybridized carbons (Fsp3) is 0.185. The Balaban J connectivity index is 1.89. The van der Waals surface area contributed by atoms with E-state index in [9.17, 15) is 75.3 Å². The Morgan fingerprint density at radius 1 is 0.578 bits per heavy atom. The Labute approximate surface area is 250 Å². The van der Waals surface area contributed by atoms with Crippen molar-refractivity contribution in [1.29, 1.82) is 0 Å². The van der Waals surface area contributed by atoms with Crippen LogP contribution in [-0.4, -0.2) is 111 Å². The summed E-state index contributed by atoms with van der Waals surface area (Å²) in [5.74, 6) is -13.1. The second-order valence-electron chi connectivity index (χ2n) is 9.12. The van der Waals surface area contributed by atoms with Crippen LogP contribution in [-0.2, 0) is 19.0 Å². The van der Waals surface area contributed by atoms with Gasteiger partial charge in [0.1, 0.15) is 18.8 Å². The summed E-state index contributed by atoms with van der Waals surface area (Å²) in [4.78, 5) is 49.6. The van der Waals surface area contributed by atoms with Gasteiger partial charge in [0.2, 0.25) is 0 Å². The molecule has 0 bridgehead atoms. The van der Waals surface area contributed by atoms with Gasteiger partial charge in [0.15, 0.2) is 70.2 Å². The zero-order valence-corrected chi connectivity index (χ0v) is 22.3. The van der Waals surface area contributed by atoms with E-state index >= 15 is 0 Å². The molecular formula is C27H24O18. The van der Waals surface area contributed by atoms with Crippen molar-refractivity contribution < 1.29 is 89.6 Å². The molecule has 4 atom stereocenters. The highest BCUT2D eigenvalue weighted by Crippen LogP contribution is 2.37. The monoisotopic (exact) mass is 636 g/mol. The van der Waals surface area contributed by atoms with Gasteiger partial charge in [-0.1, -0.05) is 0 Å². The molecule has 3 rings (SSSR count). The Kier molecular flexibility index (Phi) is 9.97. The van der Waals surface area contributed by atoms with E-state index in [0.29, 0.717) is 36.4 Å². The van der Waals surface area contributed by atoms with Crippen molar-refractivity contribution in [3.8, 4) is 51.7 Å². The molecule has 18 heteroatoms. The van der Waals surface area contributed by atoms with Crippen molar-refractivity contribution in [3.63, 3.8) is 0 Å². The lowest BCUT2D eigenvalue weighted by Crippen LogP contribution is -2.50. The van der Waals surface area contributed by atoms with Gasteiger partial charge in [-0.2, -0.15) is 0 Å². The predicted octanol–water partition coefficient (Wildman–Crippen LogP) is -0.434. The molecule has 240 valence electrons. The molecular weight excluding hydrogens is 612 g/mol. The Morgan fingerprint density at radius 2 is 0.911 bits per heavy atom. The fourth-order valence-electron chi connectivity index (χ4n) is 3.63. The van der Waals surface area contributed by atoms with Crippen LogP contribution in [0.2, 0.25) is 0 Å². The van der Waals surface area contributed by atoms with Crippen LogP contribution in [0.4, 0.5) is 0 Å². The molecule has 0 radical (unpaired) electrons. The molecule has 0 saturated heterocycles. The standard InChI is InChI=1S/C27H24O18/c28-7-19(44-26(41)10-3-14(31)21(37)15(32)4-10)23(39)24(45-27(42)11-5-16(33)22(38)17(34)6-11)18(35)8-43-25(40)9-1-12(29)20(36)13(30)2-9/h1-7,18-19,23-24,29-39H,8H2/t18-,19+,23-,24-/m1/s1. The number of benzene rings is 3. The number of esters is 3. The average molecular weight is 636 g/mol. The summed E-state index contributed by atoms with van der Waals surface area (Å²) in [6.45, 7) is -1.15. The third-order valence-electron chi connectivity index (χ3n) is 5.97. The van der Waals surface area contributed by atoms with Gasteiger partial charge in [-0.15, -0.1) is 0 Å². The summed E-state index contributed by atoms with van der Waals surface area (Å²) in [5.41, 5.74) is -1.85. The summed E-state index contributed by atoms with van der Waals surface area (Å²) in [6.07, 6.45) is -9.51. The molecule has 11 N–H and O–H groups in total. The lowest BCUT2D eigenvalue weighted by molar-refractivity contribution is -0.140. The fourth-order valence-corrected chi connectivity index (χ4v) is 3.63. The number of aliphatic hydroxyl groups excluding tert-OH is 2. The van der Waals surface area contributed by atoms with E-state index in [2.05, 4.69) is 0 Å². The normalized spacial score (nSPS) is 13.6. The molecule has 3 aromatic carbocycles. The van der Waals surface area contributed by atoms with Crippen LogP contribution < -0.4 is 0 Å². The van der Waals surface area contributed by atoms with Crippen LogP contribution in [0.25, 0.3) is 0 Å². The number of phenolic OH excluding ortho intramolecular Hbond substituents is 9. The third-order valence-corrected chi connectivity index (χ3v) is 5.97. The van der Waals surface area contributed by atoms with Gasteiger partial charge in [0.05, 0.1) is 16.7 Å². The van der Waals surface area contributed by atoms with E-state index in [1.165, 1.54) is 0 Å². The maximum Gasteiger partial charge on any atom is 0.339 e. The molecule has 3 aromatic rings. The molecule has 18 nitrogen and oxygen atoms in total. The topological polar surface area (TPSA) is 318 Å². The molecule has 0 aromatic heterocycles. The van der Waals surface area contributed by atoms with Gasteiger partial charge >= 0.3 is 17.9 Å². The number of aromatic hydroxyl groups is 9. The zero-order valence-electron chi connectivity index (χ0n) is 22.3. The first kappa shape index (κ1) is 33.4. The van der Waals surface area contributed by atoms with Gasteiger partial charge in [-0.25, -0.2) is 14.4 Å². The highest BCUT2D eigenvalue weighted by Gasteiger charge is 2.39. The number of aldehydes is 1. The Bertz CT molecular complexity index is 1560. The Hall–Kier alpha value is -6.14. The minimum absolute atomic E-state index is 0.178. The number of aliphatic hydroxyl groups is 2. The van der Waals surface area contributed by atoms with Gasteiger partial charge in [0.25, 0.3) is 0 Å². The van der Waals surface area contributed by atoms with Crippen molar-refractivity contribution in [2.75, 3.05) is 6.61 Å². The molecule has 0 saturated carbocycles.